The number of hydrogen-bond acceptors (Lipinski definition) is 5. The predicted octanol–water partition coefficient (Wildman–Crippen LogP) is 2.61. The van der Waals surface area contributed by atoms with Crippen LogP contribution in [0.15, 0.2) is 53.4 Å². The molecule has 3 rings (SSSR count). The van der Waals surface area contributed by atoms with E-state index in [0.29, 0.717) is 18.7 Å². The summed E-state index contributed by atoms with van der Waals surface area (Å²) in [5, 5.41) is 8.86. The zero-order valence-corrected chi connectivity index (χ0v) is 16.4. The number of nitriles is 1. The van der Waals surface area contributed by atoms with E-state index in [1.54, 1.807) is 29.2 Å². The molecule has 7 nitrogen and oxygen atoms in total. The number of nitrogens with zero attached hydrogens (tertiary/aromatic N) is 2. The van der Waals surface area contributed by atoms with E-state index < -0.39 is 10.0 Å². The Hall–Kier alpha value is -2.89. The van der Waals surface area contributed by atoms with Crippen molar-refractivity contribution in [2.75, 3.05) is 17.8 Å². The molecular formula is C20H21N3O4S. The fourth-order valence-electron chi connectivity index (χ4n) is 3.18. The lowest BCUT2D eigenvalue weighted by atomic mass is 10.1. The van der Waals surface area contributed by atoms with Crippen LogP contribution in [0.1, 0.15) is 29.8 Å². The monoisotopic (exact) mass is 399 g/mol. The number of nitrogens with one attached hydrogen (secondary N) is 1. The van der Waals surface area contributed by atoms with Gasteiger partial charge in [-0.2, -0.15) is 5.26 Å². The van der Waals surface area contributed by atoms with Gasteiger partial charge in [0.15, 0.2) is 0 Å². The van der Waals surface area contributed by atoms with Gasteiger partial charge in [-0.05, 0) is 50.2 Å². The van der Waals surface area contributed by atoms with Crippen molar-refractivity contribution in [3.8, 4) is 6.07 Å². The summed E-state index contributed by atoms with van der Waals surface area (Å²) in [6.45, 7) is 4.69. The van der Waals surface area contributed by atoms with Crippen LogP contribution >= 0.6 is 0 Å². The number of hydrogen-bond donors (Lipinski definition) is 1. The van der Waals surface area contributed by atoms with Crippen LogP contribution in [0.2, 0.25) is 0 Å². The maximum Gasteiger partial charge on any atom is 0.261 e. The molecule has 0 spiro atoms. The molecule has 0 saturated carbocycles. The Balaban J connectivity index is 1.87. The molecule has 0 bridgehead atoms. The second-order valence-corrected chi connectivity index (χ2v) is 8.44. The first-order chi connectivity index (χ1) is 13.3. The summed E-state index contributed by atoms with van der Waals surface area (Å²) < 4.78 is 33.6. The van der Waals surface area contributed by atoms with Gasteiger partial charge < -0.3 is 9.64 Å². The van der Waals surface area contributed by atoms with Crippen molar-refractivity contribution in [2.24, 2.45) is 0 Å². The first kappa shape index (κ1) is 19.9. The molecule has 2 unspecified atom stereocenters. The van der Waals surface area contributed by atoms with Crippen molar-refractivity contribution >= 4 is 21.6 Å². The second-order valence-electron chi connectivity index (χ2n) is 6.75. The molecule has 1 heterocycles. The summed E-state index contributed by atoms with van der Waals surface area (Å²) in [5.41, 5.74) is 0.856. The van der Waals surface area contributed by atoms with Gasteiger partial charge in [-0.1, -0.05) is 12.1 Å². The van der Waals surface area contributed by atoms with Gasteiger partial charge in [-0.3, -0.25) is 9.52 Å². The fourth-order valence-corrected chi connectivity index (χ4v) is 4.26. The molecule has 1 aliphatic rings. The minimum atomic E-state index is -3.90. The summed E-state index contributed by atoms with van der Waals surface area (Å²) in [5.74, 6) is -0.250. The summed E-state index contributed by atoms with van der Waals surface area (Å²) in [6.07, 6.45) is -0.176. The molecule has 146 valence electrons. The van der Waals surface area contributed by atoms with Crippen LogP contribution in [0.4, 0.5) is 5.69 Å². The van der Waals surface area contributed by atoms with Gasteiger partial charge >= 0.3 is 0 Å². The van der Waals surface area contributed by atoms with Gasteiger partial charge in [0, 0.05) is 13.1 Å². The Labute approximate surface area is 164 Å². The number of amides is 1. The lowest BCUT2D eigenvalue weighted by molar-refractivity contribution is -0.0585. The number of morpholine rings is 1. The Morgan fingerprint density at radius 3 is 2.32 bits per heavy atom. The van der Waals surface area contributed by atoms with Crippen LogP contribution in [0.25, 0.3) is 0 Å². The van der Waals surface area contributed by atoms with Crippen molar-refractivity contribution < 1.29 is 17.9 Å². The average Bonchev–Trinajstić information content (AvgIpc) is 2.67. The van der Waals surface area contributed by atoms with E-state index in [2.05, 4.69) is 4.72 Å². The Morgan fingerprint density at radius 2 is 1.71 bits per heavy atom. The highest BCUT2D eigenvalue weighted by Crippen LogP contribution is 2.23. The molecule has 1 aliphatic heterocycles. The Kier molecular flexibility index (Phi) is 5.68. The van der Waals surface area contributed by atoms with Gasteiger partial charge in [0.05, 0.1) is 40.0 Å². The number of carbonyl (C=O) groups excluding carboxylic acids is 1. The highest BCUT2D eigenvalue weighted by molar-refractivity contribution is 7.92. The van der Waals surface area contributed by atoms with Crippen LogP contribution in [-0.4, -0.2) is 44.5 Å². The number of ether oxygens (including phenoxy) is 1. The topological polar surface area (TPSA) is 99.5 Å². The van der Waals surface area contributed by atoms with Crippen LogP contribution in [0.5, 0.6) is 0 Å². The molecule has 0 radical (unpaired) electrons. The maximum absolute atomic E-state index is 13.0. The minimum Gasteiger partial charge on any atom is -0.372 e. The number of benzene rings is 2. The molecule has 1 N–H and O–H groups in total. The van der Waals surface area contributed by atoms with E-state index in [9.17, 15) is 13.2 Å². The largest absolute Gasteiger partial charge is 0.372 e. The molecule has 0 aliphatic carbocycles. The quantitative estimate of drug-likeness (QED) is 0.852. The molecule has 2 atom stereocenters. The van der Waals surface area contributed by atoms with Crippen molar-refractivity contribution in [1.82, 2.24) is 4.90 Å². The van der Waals surface area contributed by atoms with E-state index in [0.717, 1.165) is 0 Å². The SMILES string of the molecule is CC1CN(C(=O)c2ccccc2NS(=O)(=O)c2ccc(C#N)cc2)CC(C)O1. The maximum atomic E-state index is 13.0. The standard InChI is InChI=1S/C20H21N3O4S/c1-14-12-23(13-15(2)27-14)20(24)18-5-3-4-6-19(18)22-28(25,26)17-9-7-16(11-21)8-10-17/h3-10,14-15,22H,12-13H2,1-2H3. The highest BCUT2D eigenvalue weighted by atomic mass is 32.2. The van der Waals surface area contributed by atoms with E-state index in [-0.39, 0.29) is 34.3 Å². The normalized spacial score (nSPS) is 19.7. The average molecular weight is 399 g/mol. The summed E-state index contributed by atoms with van der Waals surface area (Å²) >= 11 is 0. The molecule has 8 heteroatoms. The van der Waals surface area contributed by atoms with Crippen molar-refractivity contribution in [3.63, 3.8) is 0 Å². The highest BCUT2D eigenvalue weighted by Gasteiger charge is 2.28. The second kappa shape index (κ2) is 8.00. The summed E-state index contributed by atoms with van der Waals surface area (Å²) in [7, 11) is -3.90. The van der Waals surface area contributed by atoms with Crippen LogP contribution in [-0.2, 0) is 14.8 Å². The van der Waals surface area contributed by atoms with Crippen molar-refractivity contribution in [3.05, 3.63) is 59.7 Å². The van der Waals surface area contributed by atoms with Gasteiger partial charge in [0.1, 0.15) is 0 Å². The molecule has 2 aromatic carbocycles. The third kappa shape index (κ3) is 4.32. The summed E-state index contributed by atoms with van der Waals surface area (Å²) in [4.78, 5) is 14.7. The first-order valence-electron chi connectivity index (χ1n) is 8.87. The van der Waals surface area contributed by atoms with Crippen LogP contribution < -0.4 is 4.72 Å². The Morgan fingerprint density at radius 1 is 1.11 bits per heavy atom. The van der Waals surface area contributed by atoms with E-state index in [1.807, 2.05) is 19.9 Å². The van der Waals surface area contributed by atoms with Gasteiger partial charge in [-0.25, -0.2) is 8.42 Å². The zero-order chi connectivity index (χ0) is 20.3. The van der Waals surface area contributed by atoms with Crippen LogP contribution in [0, 0.1) is 11.3 Å². The van der Waals surface area contributed by atoms with E-state index in [4.69, 9.17) is 10.00 Å². The first-order valence-corrected chi connectivity index (χ1v) is 10.3. The molecule has 1 amide bonds. The summed E-state index contributed by atoms with van der Waals surface area (Å²) in [6, 6.07) is 14.0. The fraction of sp³-hybridized carbons (Fsp3) is 0.300. The lowest BCUT2D eigenvalue weighted by Gasteiger charge is -2.35. The lowest BCUT2D eigenvalue weighted by Crippen LogP contribution is -2.48. The number of para-hydroxylation sites is 1. The predicted molar refractivity (Wildman–Crippen MR) is 104 cm³/mol. The number of sulfonamides is 1. The van der Waals surface area contributed by atoms with Crippen molar-refractivity contribution in [2.45, 2.75) is 31.0 Å². The molecule has 28 heavy (non-hydrogen) atoms. The Bertz CT molecular complexity index is 1000. The molecule has 2 aromatic rings. The van der Waals surface area contributed by atoms with Crippen molar-refractivity contribution in [1.29, 1.82) is 5.26 Å². The van der Waals surface area contributed by atoms with Crippen LogP contribution in [0.3, 0.4) is 0 Å². The van der Waals surface area contributed by atoms with Gasteiger partial charge in [0.2, 0.25) is 0 Å². The minimum absolute atomic E-state index is 0.0161. The third-order valence-corrected chi connectivity index (χ3v) is 5.78. The number of carbonyl (C=O) groups is 1. The smallest absolute Gasteiger partial charge is 0.261 e. The molecule has 1 fully saturated rings. The van der Waals surface area contributed by atoms with Gasteiger partial charge in [0.25, 0.3) is 15.9 Å². The molecule has 1 saturated heterocycles. The molecular weight excluding hydrogens is 378 g/mol. The third-order valence-electron chi connectivity index (χ3n) is 4.40. The number of rotatable bonds is 4. The zero-order valence-electron chi connectivity index (χ0n) is 15.6. The van der Waals surface area contributed by atoms with Gasteiger partial charge in [-0.15, -0.1) is 0 Å². The molecule has 0 aromatic heterocycles. The van der Waals surface area contributed by atoms with E-state index >= 15 is 0 Å². The number of anilines is 1. The van der Waals surface area contributed by atoms with E-state index in [1.165, 1.54) is 24.3 Å².